The molecule has 0 bridgehead atoms. The van der Waals surface area contributed by atoms with Crippen molar-refractivity contribution >= 4 is 34.4 Å². The van der Waals surface area contributed by atoms with E-state index >= 15 is 0 Å². The zero-order valence-electron chi connectivity index (χ0n) is 25.8. The van der Waals surface area contributed by atoms with Gasteiger partial charge < -0.3 is 29.9 Å². The molecular formula is C32H43N7O4. The van der Waals surface area contributed by atoms with Gasteiger partial charge in [0.25, 0.3) is 0 Å². The molecule has 2 aliphatic heterocycles. The van der Waals surface area contributed by atoms with Crippen LogP contribution in [0.4, 0.5) is 16.4 Å². The second-order valence-electron chi connectivity index (χ2n) is 12.6. The van der Waals surface area contributed by atoms with Crippen LogP contribution in [0.25, 0.3) is 22.0 Å². The minimum Gasteiger partial charge on any atom is -0.444 e. The number of aromatic nitrogens is 3. The maximum absolute atomic E-state index is 13.5. The Kier molecular flexibility index (Phi) is 9.29. The Labute approximate surface area is 253 Å². The molecule has 0 aromatic carbocycles. The monoisotopic (exact) mass is 589 g/mol. The second kappa shape index (κ2) is 13.1. The first kappa shape index (κ1) is 30.5. The van der Waals surface area contributed by atoms with E-state index in [0.29, 0.717) is 32.2 Å². The highest BCUT2D eigenvalue weighted by Gasteiger charge is 2.32. The van der Waals surface area contributed by atoms with Crippen molar-refractivity contribution in [3.8, 4) is 11.3 Å². The Bertz CT molecular complexity index is 1430. The lowest BCUT2D eigenvalue weighted by molar-refractivity contribution is -0.134. The van der Waals surface area contributed by atoms with Crippen molar-refractivity contribution in [2.75, 3.05) is 49.6 Å². The number of piperazine rings is 1. The molecule has 2 N–H and O–H groups in total. The van der Waals surface area contributed by atoms with Crippen LogP contribution < -0.4 is 15.5 Å². The van der Waals surface area contributed by atoms with Gasteiger partial charge in [0, 0.05) is 80.4 Å². The lowest BCUT2D eigenvalue weighted by Gasteiger charge is -2.38. The summed E-state index contributed by atoms with van der Waals surface area (Å²) in [5, 5.41) is 8.35. The molecule has 230 valence electrons. The van der Waals surface area contributed by atoms with E-state index in [0.717, 1.165) is 59.7 Å². The lowest BCUT2D eigenvalue weighted by atomic mass is 10.0. The van der Waals surface area contributed by atoms with Gasteiger partial charge in [-0.05, 0) is 63.8 Å². The highest BCUT2D eigenvalue weighted by Crippen LogP contribution is 2.31. The third-order valence-electron chi connectivity index (χ3n) is 7.74. The van der Waals surface area contributed by atoms with Crippen LogP contribution in [0, 0.1) is 5.92 Å². The van der Waals surface area contributed by atoms with Crippen LogP contribution in [0.5, 0.6) is 0 Å². The molecule has 43 heavy (non-hydrogen) atoms. The predicted octanol–water partition coefficient (Wildman–Crippen LogP) is 4.48. The van der Waals surface area contributed by atoms with Crippen molar-refractivity contribution in [2.24, 2.45) is 5.92 Å². The molecule has 5 heterocycles. The smallest absolute Gasteiger partial charge is 0.408 e. The number of alkyl carbamates (subject to hydrolysis) is 1. The van der Waals surface area contributed by atoms with Crippen LogP contribution in [-0.2, 0) is 14.3 Å². The van der Waals surface area contributed by atoms with E-state index in [-0.39, 0.29) is 11.8 Å². The van der Waals surface area contributed by atoms with Crippen molar-refractivity contribution in [1.29, 1.82) is 0 Å². The normalized spacial score (nSPS) is 17.2. The average Bonchev–Trinajstić information content (AvgIpc) is 2.99. The zero-order valence-corrected chi connectivity index (χ0v) is 25.8. The van der Waals surface area contributed by atoms with Crippen LogP contribution in [0.1, 0.15) is 47.5 Å². The van der Waals surface area contributed by atoms with E-state index in [1.54, 1.807) is 27.0 Å². The topological polar surface area (TPSA) is 122 Å². The molecule has 0 unspecified atom stereocenters. The number of carbonyl (C=O) groups is 2. The summed E-state index contributed by atoms with van der Waals surface area (Å²) in [5.74, 6) is 1.51. The van der Waals surface area contributed by atoms with E-state index in [4.69, 9.17) is 14.5 Å². The van der Waals surface area contributed by atoms with Crippen molar-refractivity contribution in [1.82, 2.24) is 25.2 Å². The van der Waals surface area contributed by atoms with Crippen LogP contribution in [0.3, 0.4) is 0 Å². The summed E-state index contributed by atoms with van der Waals surface area (Å²) in [6, 6.07) is 7.76. The first-order valence-electron chi connectivity index (χ1n) is 15.2. The Hall–Kier alpha value is -3.99. The third kappa shape index (κ3) is 7.70. The van der Waals surface area contributed by atoms with Gasteiger partial charge in [-0.2, -0.15) is 0 Å². The molecule has 3 aromatic rings. The maximum atomic E-state index is 13.5. The van der Waals surface area contributed by atoms with Gasteiger partial charge in [0.1, 0.15) is 23.3 Å². The Morgan fingerprint density at radius 1 is 1.05 bits per heavy atom. The van der Waals surface area contributed by atoms with E-state index < -0.39 is 17.7 Å². The van der Waals surface area contributed by atoms with E-state index in [1.807, 2.05) is 49.3 Å². The summed E-state index contributed by atoms with van der Waals surface area (Å²) in [6.45, 7) is 13.1. The SMILES string of the molecule is CC(C)[C@@H](NC(=O)OC(C)(C)C)C(=O)N1CCN(c2nc(-c3ccnc(NC4CCOCC4)c3)cc3cnccc23)CC1. The highest BCUT2D eigenvalue weighted by atomic mass is 16.6. The third-order valence-corrected chi connectivity index (χ3v) is 7.74. The number of hydrogen-bond acceptors (Lipinski definition) is 9. The fourth-order valence-electron chi connectivity index (χ4n) is 5.47. The number of rotatable bonds is 7. The van der Waals surface area contributed by atoms with Crippen molar-refractivity contribution in [3.63, 3.8) is 0 Å². The van der Waals surface area contributed by atoms with Gasteiger partial charge in [-0.1, -0.05) is 13.8 Å². The number of fused-ring (bicyclic) bond motifs is 1. The summed E-state index contributed by atoms with van der Waals surface area (Å²) >= 11 is 0. The van der Waals surface area contributed by atoms with Gasteiger partial charge in [0.05, 0.1) is 5.69 Å². The number of carbonyl (C=O) groups excluding carboxylic acids is 2. The number of ether oxygens (including phenoxy) is 2. The first-order chi connectivity index (χ1) is 20.6. The Morgan fingerprint density at radius 2 is 1.79 bits per heavy atom. The summed E-state index contributed by atoms with van der Waals surface area (Å²) in [6.07, 6.45) is 6.79. The number of pyridine rings is 3. The predicted molar refractivity (Wildman–Crippen MR) is 167 cm³/mol. The van der Waals surface area contributed by atoms with Crippen LogP contribution >= 0.6 is 0 Å². The Balaban J connectivity index is 1.32. The summed E-state index contributed by atoms with van der Waals surface area (Å²) in [5.41, 5.74) is 1.17. The molecule has 0 aliphatic carbocycles. The first-order valence-corrected chi connectivity index (χ1v) is 15.2. The average molecular weight is 590 g/mol. The van der Waals surface area contributed by atoms with Crippen molar-refractivity contribution in [2.45, 2.75) is 65.1 Å². The minimum atomic E-state index is -0.662. The molecule has 0 spiro atoms. The summed E-state index contributed by atoms with van der Waals surface area (Å²) < 4.78 is 10.9. The quantitative estimate of drug-likeness (QED) is 0.411. The summed E-state index contributed by atoms with van der Waals surface area (Å²) in [4.78, 5) is 44.1. The molecule has 11 heteroatoms. The van der Waals surface area contributed by atoms with Crippen molar-refractivity contribution in [3.05, 3.63) is 42.9 Å². The fraction of sp³-hybridized carbons (Fsp3) is 0.531. The van der Waals surface area contributed by atoms with Gasteiger partial charge in [-0.3, -0.25) is 9.78 Å². The molecular weight excluding hydrogens is 546 g/mol. The molecule has 1 atom stereocenters. The minimum absolute atomic E-state index is 0.0842. The second-order valence-corrected chi connectivity index (χ2v) is 12.6. The number of anilines is 2. The van der Waals surface area contributed by atoms with Gasteiger partial charge >= 0.3 is 6.09 Å². The van der Waals surface area contributed by atoms with Crippen molar-refractivity contribution < 1.29 is 19.1 Å². The number of hydrogen-bond donors (Lipinski definition) is 2. The maximum Gasteiger partial charge on any atom is 0.408 e. The van der Waals surface area contributed by atoms with Gasteiger partial charge in [0.15, 0.2) is 0 Å². The highest BCUT2D eigenvalue weighted by molar-refractivity contribution is 5.94. The van der Waals surface area contributed by atoms with E-state index in [2.05, 4.69) is 31.6 Å². The lowest BCUT2D eigenvalue weighted by Crippen LogP contribution is -2.57. The molecule has 0 saturated carbocycles. The summed E-state index contributed by atoms with van der Waals surface area (Å²) in [7, 11) is 0. The number of nitrogens with zero attached hydrogens (tertiary/aromatic N) is 5. The number of amides is 2. The molecule has 11 nitrogen and oxygen atoms in total. The molecule has 2 saturated heterocycles. The van der Waals surface area contributed by atoms with Gasteiger partial charge in [-0.15, -0.1) is 0 Å². The Morgan fingerprint density at radius 3 is 2.49 bits per heavy atom. The fourth-order valence-corrected chi connectivity index (χ4v) is 5.47. The molecule has 3 aromatic heterocycles. The van der Waals surface area contributed by atoms with Crippen LogP contribution in [0.2, 0.25) is 0 Å². The van der Waals surface area contributed by atoms with Crippen LogP contribution in [0.15, 0.2) is 42.9 Å². The molecule has 5 rings (SSSR count). The molecule has 2 amide bonds. The van der Waals surface area contributed by atoms with E-state index in [9.17, 15) is 9.59 Å². The van der Waals surface area contributed by atoms with Gasteiger partial charge in [-0.25, -0.2) is 14.8 Å². The molecule has 0 radical (unpaired) electrons. The van der Waals surface area contributed by atoms with Gasteiger partial charge in [0.2, 0.25) is 5.91 Å². The van der Waals surface area contributed by atoms with Crippen LogP contribution in [-0.4, -0.2) is 88.9 Å². The zero-order chi connectivity index (χ0) is 30.6. The largest absolute Gasteiger partial charge is 0.444 e. The number of nitrogens with one attached hydrogen (secondary N) is 2. The molecule has 2 fully saturated rings. The standard InChI is InChI=1S/C32H43N7O4/c1-21(2)28(37-31(41)43-32(3,4)5)30(40)39-14-12-38(13-15-39)29-25-7-10-33-20-23(25)18-26(36-29)22-6-11-34-27(19-22)35-24-8-16-42-17-9-24/h6-7,10-11,18-21,24,28H,8-9,12-17H2,1-5H3,(H,34,35)(H,37,41)/t28-/m1/s1. The molecule has 2 aliphatic rings. The van der Waals surface area contributed by atoms with E-state index in [1.165, 1.54) is 0 Å².